The molecule has 0 aliphatic carbocycles. The Balaban J connectivity index is 1.96. The summed E-state index contributed by atoms with van der Waals surface area (Å²) in [6.07, 6.45) is 1.34. The molecule has 7 heteroatoms. The minimum Gasteiger partial charge on any atom is -0.353 e. The van der Waals surface area contributed by atoms with Gasteiger partial charge in [-0.2, -0.15) is 4.31 Å². The van der Waals surface area contributed by atoms with Crippen LogP contribution in [-0.2, 0) is 14.8 Å². The van der Waals surface area contributed by atoms with Gasteiger partial charge in [-0.3, -0.25) is 4.79 Å². The molecule has 1 aromatic heterocycles. The van der Waals surface area contributed by atoms with E-state index in [-0.39, 0.29) is 17.9 Å². The number of nitrogens with zero attached hydrogens (tertiary/aromatic N) is 1. The Kier molecular flexibility index (Phi) is 5.06. The van der Waals surface area contributed by atoms with Crippen molar-refractivity contribution in [1.82, 2.24) is 9.62 Å². The molecule has 1 aliphatic rings. The normalized spacial score (nSPS) is 18.1. The summed E-state index contributed by atoms with van der Waals surface area (Å²) in [4.78, 5) is 12.7. The van der Waals surface area contributed by atoms with E-state index in [1.165, 1.54) is 15.6 Å². The molecule has 0 bridgehead atoms. The molecule has 0 unspecified atom stereocenters. The van der Waals surface area contributed by atoms with Crippen molar-refractivity contribution in [2.75, 3.05) is 13.1 Å². The van der Waals surface area contributed by atoms with Crippen LogP contribution in [0.5, 0.6) is 0 Å². The highest BCUT2D eigenvalue weighted by Crippen LogP contribution is 2.26. The highest BCUT2D eigenvalue weighted by molar-refractivity contribution is 7.91. The maximum atomic E-state index is 12.5. The number of nitrogens with one attached hydrogen (secondary N) is 1. The van der Waals surface area contributed by atoms with Gasteiger partial charge in [-0.05, 0) is 31.9 Å². The Morgan fingerprint density at radius 2 is 1.95 bits per heavy atom. The molecule has 0 radical (unpaired) electrons. The molecule has 2 heterocycles. The maximum absolute atomic E-state index is 12.5. The quantitative estimate of drug-likeness (QED) is 0.918. The van der Waals surface area contributed by atoms with Gasteiger partial charge in [-0.1, -0.05) is 13.8 Å². The van der Waals surface area contributed by atoms with Crippen molar-refractivity contribution in [3.8, 4) is 0 Å². The van der Waals surface area contributed by atoms with Gasteiger partial charge in [0.15, 0.2) is 0 Å². The van der Waals surface area contributed by atoms with Crippen LogP contribution in [0.25, 0.3) is 0 Å². The third-order valence-electron chi connectivity index (χ3n) is 3.63. The smallest absolute Gasteiger partial charge is 0.252 e. The van der Waals surface area contributed by atoms with Crippen molar-refractivity contribution in [3.05, 3.63) is 17.0 Å². The van der Waals surface area contributed by atoms with Crippen molar-refractivity contribution >= 4 is 27.3 Å². The van der Waals surface area contributed by atoms with E-state index in [1.54, 1.807) is 6.07 Å². The Morgan fingerprint density at radius 1 is 1.33 bits per heavy atom. The van der Waals surface area contributed by atoms with E-state index in [0.717, 1.165) is 4.88 Å². The molecule has 0 atom stereocenters. The van der Waals surface area contributed by atoms with Gasteiger partial charge in [0.05, 0.1) is 0 Å². The summed E-state index contributed by atoms with van der Waals surface area (Å²) in [6.45, 7) is 6.53. The first kappa shape index (κ1) is 16.5. The van der Waals surface area contributed by atoms with Gasteiger partial charge >= 0.3 is 0 Å². The van der Waals surface area contributed by atoms with Gasteiger partial charge < -0.3 is 5.32 Å². The van der Waals surface area contributed by atoms with Gasteiger partial charge in [0.25, 0.3) is 10.0 Å². The predicted molar refractivity (Wildman–Crippen MR) is 83.8 cm³/mol. The van der Waals surface area contributed by atoms with Gasteiger partial charge in [-0.25, -0.2) is 8.42 Å². The number of rotatable bonds is 4. The molecule has 1 fully saturated rings. The number of hydrogen-bond acceptors (Lipinski definition) is 4. The van der Waals surface area contributed by atoms with Crippen LogP contribution in [0.4, 0.5) is 0 Å². The molecule has 1 saturated heterocycles. The number of sulfonamides is 1. The molecule has 0 spiro atoms. The molecule has 5 nitrogen and oxygen atoms in total. The number of piperidine rings is 1. The molecule has 2 rings (SSSR count). The molecule has 1 amide bonds. The monoisotopic (exact) mass is 330 g/mol. The van der Waals surface area contributed by atoms with Crippen LogP contribution in [0.3, 0.4) is 0 Å². The van der Waals surface area contributed by atoms with Gasteiger partial charge in [-0.15, -0.1) is 11.3 Å². The largest absolute Gasteiger partial charge is 0.353 e. The van der Waals surface area contributed by atoms with Crippen LogP contribution in [0.15, 0.2) is 16.3 Å². The lowest BCUT2D eigenvalue weighted by Crippen LogP contribution is -2.47. The second-order valence-electron chi connectivity index (χ2n) is 5.71. The fraction of sp³-hybridized carbons (Fsp3) is 0.643. The average Bonchev–Trinajstić information content (AvgIpc) is 2.86. The van der Waals surface area contributed by atoms with Crippen LogP contribution in [0.2, 0.25) is 0 Å². The molecule has 1 aromatic rings. The second-order valence-corrected chi connectivity index (χ2v) is 9.16. The van der Waals surface area contributed by atoms with Crippen LogP contribution in [0, 0.1) is 12.8 Å². The van der Waals surface area contributed by atoms with E-state index in [9.17, 15) is 13.2 Å². The lowest BCUT2D eigenvalue weighted by molar-refractivity contribution is -0.124. The number of amides is 1. The summed E-state index contributed by atoms with van der Waals surface area (Å²) in [6, 6.07) is 3.58. The highest BCUT2D eigenvalue weighted by atomic mass is 32.2. The van der Waals surface area contributed by atoms with Gasteiger partial charge in [0.1, 0.15) is 4.21 Å². The van der Waals surface area contributed by atoms with Crippen LogP contribution >= 0.6 is 11.3 Å². The molecule has 1 aliphatic heterocycles. The van der Waals surface area contributed by atoms with Crippen LogP contribution in [0.1, 0.15) is 31.6 Å². The van der Waals surface area contributed by atoms with Crippen molar-refractivity contribution < 1.29 is 13.2 Å². The number of hydrogen-bond donors (Lipinski definition) is 1. The lowest BCUT2D eigenvalue weighted by atomic mass is 10.1. The number of thiophene rings is 1. The van der Waals surface area contributed by atoms with E-state index >= 15 is 0 Å². The first-order chi connectivity index (χ1) is 9.80. The molecule has 0 aromatic carbocycles. The Hall–Kier alpha value is -0.920. The first-order valence-electron chi connectivity index (χ1n) is 7.17. The first-order valence-corrected chi connectivity index (χ1v) is 9.43. The minimum absolute atomic E-state index is 0.0326. The number of carbonyl (C=O) groups is 1. The number of aryl methyl sites for hydroxylation is 1. The van der Waals surface area contributed by atoms with Crippen molar-refractivity contribution in [1.29, 1.82) is 0 Å². The average molecular weight is 330 g/mol. The summed E-state index contributed by atoms with van der Waals surface area (Å²) in [5.74, 6) is -0.00829. The zero-order chi connectivity index (χ0) is 15.6. The maximum Gasteiger partial charge on any atom is 0.252 e. The lowest BCUT2D eigenvalue weighted by Gasteiger charge is -2.31. The highest BCUT2D eigenvalue weighted by Gasteiger charge is 2.30. The van der Waals surface area contributed by atoms with Crippen molar-refractivity contribution in [2.45, 2.75) is 43.9 Å². The topological polar surface area (TPSA) is 66.5 Å². The minimum atomic E-state index is -3.37. The summed E-state index contributed by atoms with van der Waals surface area (Å²) >= 11 is 1.30. The van der Waals surface area contributed by atoms with Crippen LogP contribution < -0.4 is 5.32 Å². The Labute approximate surface area is 130 Å². The zero-order valence-electron chi connectivity index (χ0n) is 12.6. The summed E-state index contributed by atoms with van der Waals surface area (Å²) in [7, 11) is -3.37. The van der Waals surface area contributed by atoms with Gasteiger partial charge in [0.2, 0.25) is 5.91 Å². The second kappa shape index (κ2) is 6.46. The summed E-state index contributed by atoms with van der Waals surface area (Å²) < 4.78 is 26.9. The number of carbonyl (C=O) groups excluding carboxylic acids is 1. The molecular formula is C14H22N2O3S2. The van der Waals surface area contributed by atoms with E-state index in [2.05, 4.69) is 5.32 Å². The predicted octanol–water partition coefficient (Wildman–Crippen LogP) is 1.98. The summed E-state index contributed by atoms with van der Waals surface area (Å²) in [5, 5.41) is 2.98. The third kappa shape index (κ3) is 3.84. The summed E-state index contributed by atoms with van der Waals surface area (Å²) in [5.41, 5.74) is 0. The molecule has 21 heavy (non-hydrogen) atoms. The Morgan fingerprint density at radius 3 is 2.43 bits per heavy atom. The van der Waals surface area contributed by atoms with E-state index in [0.29, 0.717) is 30.1 Å². The molecule has 118 valence electrons. The van der Waals surface area contributed by atoms with Crippen molar-refractivity contribution in [2.24, 2.45) is 5.92 Å². The van der Waals surface area contributed by atoms with Crippen LogP contribution in [-0.4, -0.2) is 37.8 Å². The Bertz CT molecular complexity index is 599. The molecular weight excluding hydrogens is 308 g/mol. The van der Waals surface area contributed by atoms with E-state index in [1.807, 2.05) is 26.8 Å². The van der Waals surface area contributed by atoms with E-state index < -0.39 is 10.0 Å². The SMILES string of the molecule is Cc1ccc(S(=O)(=O)N2CCC(NC(=O)C(C)C)CC2)s1. The fourth-order valence-electron chi connectivity index (χ4n) is 2.29. The third-order valence-corrected chi connectivity index (χ3v) is 7.00. The fourth-order valence-corrected chi connectivity index (χ4v) is 5.19. The zero-order valence-corrected chi connectivity index (χ0v) is 14.3. The molecule has 1 N–H and O–H groups in total. The van der Waals surface area contributed by atoms with Gasteiger partial charge in [0, 0.05) is 29.9 Å². The molecule has 0 saturated carbocycles. The van der Waals surface area contributed by atoms with E-state index in [4.69, 9.17) is 0 Å². The standard InChI is InChI=1S/C14H22N2O3S2/c1-10(2)14(17)15-12-6-8-16(9-7-12)21(18,19)13-5-4-11(3)20-13/h4-5,10,12H,6-9H2,1-3H3,(H,15,17). The van der Waals surface area contributed by atoms with Crippen molar-refractivity contribution in [3.63, 3.8) is 0 Å².